The van der Waals surface area contributed by atoms with Crippen molar-refractivity contribution in [1.29, 1.82) is 0 Å². The molecule has 0 saturated heterocycles. The highest BCUT2D eigenvalue weighted by atomic mass is 127. The zero-order valence-electron chi connectivity index (χ0n) is 7.49. The van der Waals surface area contributed by atoms with E-state index < -0.39 is 34.2 Å². The van der Waals surface area contributed by atoms with Gasteiger partial charge in [-0.2, -0.15) is 0 Å². The van der Waals surface area contributed by atoms with Crippen molar-refractivity contribution in [1.82, 2.24) is 4.98 Å². The first-order valence-electron chi connectivity index (χ1n) is 3.77. The van der Waals surface area contributed by atoms with Gasteiger partial charge in [-0.25, -0.2) is 13.8 Å². The van der Waals surface area contributed by atoms with E-state index in [-0.39, 0.29) is 3.70 Å². The summed E-state index contributed by atoms with van der Waals surface area (Å²) < 4.78 is 25.0. The van der Waals surface area contributed by atoms with Crippen LogP contribution in [0.1, 0.15) is 22.5 Å². The Kier molecular flexibility index (Phi) is 3.67. The molecule has 0 fully saturated rings. The van der Waals surface area contributed by atoms with Crippen LogP contribution in [0, 0.1) is 13.8 Å². The molecule has 1 aromatic rings. The van der Waals surface area contributed by atoms with Gasteiger partial charge in [0.05, 0.1) is 4.92 Å². The summed E-state index contributed by atoms with van der Waals surface area (Å²) in [6, 6.07) is 0.993. The van der Waals surface area contributed by atoms with Crippen LogP contribution in [0.4, 0.5) is 14.5 Å². The molecule has 16 heavy (non-hydrogen) atoms. The van der Waals surface area contributed by atoms with E-state index in [1.165, 1.54) is 0 Å². The first-order valence-corrected chi connectivity index (χ1v) is 4.85. The van der Waals surface area contributed by atoms with Gasteiger partial charge in [-0.3, -0.25) is 14.9 Å². The predicted molar refractivity (Wildman–Crippen MR) is 57.1 cm³/mol. The van der Waals surface area contributed by atoms with Gasteiger partial charge in [-0.05, 0) is 28.7 Å². The fourth-order valence-electron chi connectivity index (χ4n) is 1.06. The maximum atomic E-state index is 12.5. The van der Waals surface area contributed by atoms with Gasteiger partial charge in [0.15, 0.2) is 5.69 Å². The van der Waals surface area contributed by atoms with E-state index in [0.29, 0.717) is 0 Å². The van der Waals surface area contributed by atoms with Crippen molar-refractivity contribution in [2.45, 2.75) is 6.43 Å². The molecule has 1 amide bonds. The Morgan fingerprint density at radius 1 is 1.62 bits per heavy atom. The average Bonchev–Trinajstić information content (AvgIpc) is 2.15. The number of alkyl halides is 2. The van der Waals surface area contributed by atoms with Crippen LogP contribution in [0.2, 0.25) is 0 Å². The molecule has 0 spiro atoms. The van der Waals surface area contributed by atoms with Crippen LogP contribution < -0.4 is 5.73 Å². The molecule has 0 bridgehead atoms. The molecule has 0 aliphatic rings. The van der Waals surface area contributed by atoms with E-state index in [1.807, 2.05) is 0 Å². The van der Waals surface area contributed by atoms with Crippen LogP contribution in [0.15, 0.2) is 6.07 Å². The minimum atomic E-state index is -3.15. The second-order valence-electron chi connectivity index (χ2n) is 2.65. The predicted octanol–water partition coefficient (Wildman–Crippen LogP) is 1.63. The molecule has 6 nitrogen and oxygen atoms in total. The second-order valence-corrected chi connectivity index (χ2v) is 3.75. The second kappa shape index (κ2) is 4.63. The third kappa shape index (κ3) is 2.40. The lowest BCUT2D eigenvalue weighted by Crippen LogP contribution is -2.16. The minimum Gasteiger partial charge on any atom is -0.365 e. The van der Waals surface area contributed by atoms with Gasteiger partial charge in [-0.15, -0.1) is 0 Å². The highest BCUT2D eigenvalue weighted by molar-refractivity contribution is 14.1. The van der Waals surface area contributed by atoms with Crippen molar-refractivity contribution in [2.24, 2.45) is 5.73 Å². The number of primary amides is 1. The zero-order chi connectivity index (χ0) is 12.5. The Labute approximate surface area is 101 Å². The Morgan fingerprint density at radius 3 is 2.56 bits per heavy atom. The van der Waals surface area contributed by atoms with Crippen molar-refractivity contribution in [3.05, 3.63) is 31.1 Å². The highest BCUT2D eigenvalue weighted by Gasteiger charge is 2.30. The topological polar surface area (TPSA) is 99.1 Å². The van der Waals surface area contributed by atoms with E-state index in [4.69, 9.17) is 5.73 Å². The summed E-state index contributed by atoms with van der Waals surface area (Å²) in [5.41, 5.74) is 2.21. The van der Waals surface area contributed by atoms with Gasteiger partial charge in [0.2, 0.25) is 0 Å². The van der Waals surface area contributed by atoms with Crippen molar-refractivity contribution in [2.75, 3.05) is 0 Å². The first kappa shape index (κ1) is 12.7. The van der Waals surface area contributed by atoms with Gasteiger partial charge in [0.1, 0.15) is 9.26 Å². The van der Waals surface area contributed by atoms with Crippen molar-refractivity contribution in [3.8, 4) is 0 Å². The third-order valence-corrected chi connectivity index (χ3v) is 2.20. The molecule has 0 aliphatic carbocycles. The van der Waals surface area contributed by atoms with Crippen molar-refractivity contribution >= 4 is 34.2 Å². The van der Waals surface area contributed by atoms with Crippen molar-refractivity contribution in [3.63, 3.8) is 0 Å². The molecule has 2 N–H and O–H groups in total. The summed E-state index contributed by atoms with van der Waals surface area (Å²) in [7, 11) is 0. The minimum absolute atomic E-state index is 0.0345. The molecule has 86 valence electrons. The normalized spacial score (nSPS) is 10.5. The maximum absolute atomic E-state index is 12.5. The highest BCUT2D eigenvalue weighted by Crippen LogP contribution is 2.31. The lowest BCUT2D eigenvalue weighted by molar-refractivity contribution is -0.386. The molecule has 1 heterocycles. The lowest BCUT2D eigenvalue weighted by Gasteiger charge is -2.05. The molecular formula is C7H4F2IN3O3. The van der Waals surface area contributed by atoms with E-state index in [0.717, 1.165) is 6.07 Å². The summed E-state index contributed by atoms with van der Waals surface area (Å²) in [5, 5.41) is 10.6. The first-order chi connectivity index (χ1) is 7.34. The number of carbonyl (C=O) groups excluding carboxylic acids is 1. The molecule has 0 unspecified atom stereocenters. The smallest absolute Gasteiger partial charge is 0.309 e. The van der Waals surface area contributed by atoms with Gasteiger partial charge in [0, 0.05) is 0 Å². The molecular weight excluding hydrogens is 339 g/mol. The molecule has 0 aromatic carbocycles. The van der Waals surface area contributed by atoms with Gasteiger partial charge in [0.25, 0.3) is 12.3 Å². The van der Waals surface area contributed by atoms with Crippen molar-refractivity contribution < 1.29 is 18.5 Å². The number of amides is 1. The van der Waals surface area contributed by atoms with E-state index >= 15 is 0 Å². The number of hydrogen-bond donors (Lipinski definition) is 1. The number of hydrogen-bond acceptors (Lipinski definition) is 4. The largest absolute Gasteiger partial charge is 0.365 e. The van der Waals surface area contributed by atoms with Crippen LogP contribution >= 0.6 is 22.6 Å². The molecule has 9 heteroatoms. The van der Waals surface area contributed by atoms with E-state index in [9.17, 15) is 23.7 Å². The third-order valence-electron chi connectivity index (χ3n) is 1.64. The number of nitrogens with two attached hydrogens (primary N) is 1. The van der Waals surface area contributed by atoms with Crippen LogP contribution in [0.3, 0.4) is 0 Å². The van der Waals surface area contributed by atoms with E-state index in [2.05, 4.69) is 4.98 Å². The molecule has 0 atom stereocenters. The molecule has 0 aliphatic heterocycles. The summed E-state index contributed by atoms with van der Waals surface area (Å²) >= 11 is 1.56. The number of carbonyl (C=O) groups is 1. The fraction of sp³-hybridized carbons (Fsp3) is 0.143. The number of nitro groups is 1. The van der Waals surface area contributed by atoms with E-state index in [1.54, 1.807) is 22.6 Å². The molecule has 0 radical (unpaired) electrons. The number of nitrogens with zero attached hydrogens (tertiary/aromatic N) is 2. The number of rotatable bonds is 3. The fourth-order valence-corrected chi connectivity index (χ4v) is 1.63. The molecule has 0 saturated carbocycles. The quantitative estimate of drug-likeness (QED) is 0.390. The monoisotopic (exact) mass is 343 g/mol. The number of halogens is 3. The van der Waals surface area contributed by atoms with Gasteiger partial charge < -0.3 is 5.73 Å². The maximum Gasteiger partial charge on any atom is 0.309 e. The zero-order valence-corrected chi connectivity index (χ0v) is 9.64. The number of pyridine rings is 1. The van der Waals surface area contributed by atoms with Gasteiger partial charge in [-0.1, -0.05) is 0 Å². The standard InChI is InChI=1S/C7H4F2IN3O3/c8-6(9)4-5(13(15)16)2(7(11)14)1-3(10)12-4/h1,6H,(H2,11,14). The average molecular weight is 343 g/mol. The molecule has 1 aromatic heterocycles. The summed E-state index contributed by atoms with van der Waals surface area (Å²) in [5.74, 6) is -1.14. The van der Waals surface area contributed by atoms with Crippen LogP contribution in [0.5, 0.6) is 0 Å². The molecule has 1 rings (SSSR count). The van der Waals surface area contributed by atoms with Gasteiger partial charge >= 0.3 is 5.69 Å². The van der Waals surface area contributed by atoms with Crippen LogP contribution in [-0.2, 0) is 0 Å². The Bertz CT molecular complexity index is 466. The number of aromatic nitrogens is 1. The summed E-state index contributed by atoms with van der Waals surface area (Å²) in [4.78, 5) is 23.7. The Hall–Kier alpha value is -1.39. The summed E-state index contributed by atoms with van der Waals surface area (Å²) in [6.07, 6.45) is -3.15. The lowest BCUT2D eigenvalue weighted by atomic mass is 10.1. The van der Waals surface area contributed by atoms with Crippen LogP contribution in [-0.4, -0.2) is 15.8 Å². The Balaban J connectivity index is 3.60. The van der Waals surface area contributed by atoms with Crippen LogP contribution in [0.25, 0.3) is 0 Å². The Morgan fingerprint density at radius 2 is 2.19 bits per heavy atom. The summed E-state index contributed by atoms with van der Waals surface area (Å²) in [6.45, 7) is 0. The SMILES string of the molecule is NC(=O)c1cc(I)nc(C(F)F)c1[N+](=O)[O-].